The maximum absolute atomic E-state index is 13.2. The minimum Gasteiger partial charge on any atom is -0.478 e. The average molecular weight is 573 g/mol. The van der Waals surface area contributed by atoms with E-state index >= 15 is 0 Å². The molecule has 40 heavy (non-hydrogen) atoms. The number of ether oxygens (including phenoxy) is 1. The number of likely N-dealkylation sites (tertiary alicyclic amines) is 1. The Morgan fingerprint density at radius 1 is 0.975 bits per heavy atom. The van der Waals surface area contributed by atoms with Crippen molar-refractivity contribution < 1.29 is 50.6 Å². The second-order valence-electron chi connectivity index (χ2n) is 9.58. The number of rotatable bonds is 5. The molecule has 2 heterocycles. The Bertz CT molecular complexity index is 1240. The van der Waals surface area contributed by atoms with Crippen LogP contribution in [0.1, 0.15) is 35.1 Å². The van der Waals surface area contributed by atoms with E-state index in [2.05, 4.69) is 5.32 Å². The number of carboxylic acids is 1. The molecule has 0 spiro atoms. The van der Waals surface area contributed by atoms with E-state index in [-0.39, 0.29) is 31.2 Å². The molecule has 0 unspecified atom stereocenters. The number of nitrogens with one attached hydrogen (secondary N) is 1. The molecule has 2 N–H and O–H groups in total. The van der Waals surface area contributed by atoms with E-state index in [1.54, 1.807) is 11.0 Å². The van der Waals surface area contributed by atoms with E-state index in [1.165, 1.54) is 4.90 Å². The van der Waals surface area contributed by atoms with E-state index in [9.17, 15) is 45.8 Å². The van der Waals surface area contributed by atoms with Gasteiger partial charge in [0, 0.05) is 37.8 Å². The first-order chi connectivity index (χ1) is 18.7. The number of nitrogens with zero attached hydrogens (tertiary/aromatic N) is 2. The first kappa shape index (κ1) is 29.0. The number of carboxylic acid groups (broad SMARTS) is 1. The van der Waals surface area contributed by atoms with Gasteiger partial charge in [0.15, 0.2) is 0 Å². The molecule has 0 radical (unpaired) electrons. The zero-order valence-corrected chi connectivity index (χ0v) is 20.9. The molecule has 2 aliphatic heterocycles. The number of halogens is 6. The third kappa shape index (κ3) is 6.77. The fraction of sp³-hybridized carbons (Fsp3) is 0.423. The van der Waals surface area contributed by atoms with Crippen molar-refractivity contribution >= 4 is 23.8 Å². The van der Waals surface area contributed by atoms with Crippen molar-refractivity contribution in [3.8, 4) is 0 Å². The van der Waals surface area contributed by atoms with Crippen LogP contribution in [0, 0.1) is 0 Å². The van der Waals surface area contributed by atoms with Crippen LogP contribution in [0.25, 0.3) is 0 Å². The lowest BCUT2D eigenvalue weighted by molar-refractivity contribution is -0.147. The number of hydrogen-bond donors (Lipinski definition) is 2. The number of urea groups is 1. The number of aliphatic carboxylic acids is 1. The Kier molecular flexibility index (Phi) is 8.17. The van der Waals surface area contributed by atoms with E-state index in [0.717, 1.165) is 11.3 Å². The normalized spacial score (nSPS) is 17.5. The molecule has 2 aliphatic rings. The monoisotopic (exact) mass is 573 g/mol. The Balaban J connectivity index is 1.39. The summed E-state index contributed by atoms with van der Waals surface area (Å²) in [6.45, 7) is 0.665. The van der Waals surface area contributed by atoms with Crippen molar-refractivity contribution in [3.05, 3.63) is 64.7 Å². The van der Waals surface area contributed by atoms with Crippen molar-refractivity contribution in [1.29, 1.82) is 0 Å². The van der Waals surface area contributed by atoms with Crippen molar-refractivity contribution in [2.24, 2.45) is 0 Å². The summed E-state index contributed by atoms with van der Waals surface area (Å²) in [6, 6.07) is 7.64. The van der Waals surface area contributed by atoms with Crippen LogP contribution >= 0.6 is 0 Å². The van der Waals surface area contributed by atoms with Gasteiger partial charge in [-0.1, -0.05) is 18.2 Å². The maximum Gasteiger partial charge on any atom is 0.416 e. The predicted octanol–water partition coefficient (Wildman–Crippen LogP) is 5.41. The summed E-state index contributed by atoms with van der Waals surface area (Å²) in [4.78, 5) is 40.0. The highest BCUT2D eigenvalue weighted by atomic mass is 19.4. The predicted molar refractivity (Wildman–Crippen MR) is 129 cm³/mol. The number of carbonyl (C=O) groups excluding carboxylic acids is 2. The van der Waals surface area contributed by atoms with Crippen LogP contribution in [-0.4, -0.2) is 64.8 Å². The molecular weight excluding hydrogens is 548 g/mol. The van der Waals surface area contributed by atoms with Crippen LogP contribution in [0.2, 0.25) is 0 Å². The van der Waals surface area contributed by atoms with Crippen LogP contribution in [0.15, 0.2) is 42.5 Å². The number of piperidine rings is 1. The molecule has 1 fully saturated rings. The second kappa shape index (κ2) is 11.3. The highest BCUT2D eigenvalue weighted by molar-refractivity contribution is 5.91. The largest absolute Gasteiger partial charge is 0.478 e. The first-order valence-corrected chi connectivity index (χ1v) is 12.3. The van der Waals surface area contributed by atoms with Gasteiger partial charge in [0.05, 0.1) is 11.1 Å². The maximum atomic E-state index is 13.2. The molecular formula is C26H25F6N3O5. The molecule has 3 amide bonds. The lowest BCUT2D eigenvalue weighted by Gasteiger charge is -2.37. The number of benzene rings is 2. The molecule has 0 aromatic heterocycles. The molecule has 0 saturated carbocycles. The Labute approximate surface area is 224 Å². The van der Waals surface area contributed by atoms with Gasteiger partial charge in [-0.05, 0) is 54.7 Å². The molecule has 2 aromatic carbocycles. The van der Waals surface area contributed by atoms with Crippen LogP contribution in [0.4, 0.5) is 41.6 Å². The summed E-state index contributed by atoms with van der Waals surface area (Å²) in [5.74, 6) is -1.73. The number of anilines is 1. The summed E-state index contributed by atoms with van der Waals surface area (Å²) in [6.07, 6.45) is -12.9. The standard InChI is InChI=1S/C26H25F6N3O5/c27-25(28,29)17-11-15(12-18(14-17)26(30,31)32)13-21(22(36)37)40-24(39)34-8-6-19(7-9-34)35-10-5-16-3-1-2-4-20(16)33-23(35)38/h1-4,11-12,14,19,21H,5-10,13H2,(H,33,38)(H,36,37)/t21-/m1/s1. The zero-order valence-electron chi connectivity index (χ0n) is 20.9. The number of para-hydroxylation sites is 1. The topological polar surface area (TPSA) is 99.2 Å². The molecule has 216 valence electrons. The average Bonchev–Trinajstić information content (AvgIpc) is 3.05. The molecule has 0 aliphatic carbocycles. The van der Waals surface area contributed by atoms with Crippen molar-refractivity contribution in [1.82, 2.24) is 9.80 Å². The Hall–Kier alpha value is -3.97. The summed E-state index contributed by atoms with van der Waals surface area (Å²) in [5, 5.41) is 12.4. The minimum atomic E-state index is -5.11. The van der Waals surface area contributed by atoms with Gasteiger partial charge in [-0.3, -0.25) is 0 Å². The second-order valence-corrected chi connectivity index (χ2v) is 9.58. The number of fused-ring (bicyclic) bond motifs is 1. The zero-order chi connectivity index (χ0) is 29.2. The molecule has 1 saturated heterocycles. The van der Waals surface area contributed by atoms with Crippen LogP contribution in [0.5, 0.6) is 0 Å². The SMILES string of the molecule is O=C(O)[C@@H](Cc1cc(C(F)(F)F)cc(C(F)(F)F)c1)OC(=O)N1CCC(N2CCc3ccccc3NC2=O)CC1. The third-order valence-electron chi connectivity index (χ3n) is 6.89. The molecule has 1 atom stereocenters. The van der Waals surface area contributed by atoms with E-state index in [1.807, 2.05) is 18.2 Å². The molecule has 8 nitrogen and oxygen atoms in total. The number of hydrogen-bond acceptors (Lipinski definition) is 4. The van der Waals surface area contributed by atoms with Gasteiger partial charge < -0.3 is 25.0 Å². The van der Waals surface area contributed by atoms with Gasteiger partial charge in [0.2, 0.25) is 6.10 Å². The van der Waals surface area contributed by atoms with Crippen LogP contribution in [-0.2, 0) is 34.7 Å². The van der Waals surface area contributed by atoms with Gasteiger partial charge in [0.1, 0.15) is 0 Å². The van der Waals surface area contributed by atoms with Crippen molar-refractivity contribution in [2.75, 3.05) is 25.0 Å². The Morgan fingerprint density at radius 2 is 1.57 bits per heavy atom. The third-order valence-corrected chi connectivity index (χ3v) is 6.89. The van der Waals surface area contributed by atoms with Crippen molar-refractivity contribution in [2.45, 2.75) is 50.2 Å². The highest BCUT2D eigenvalue weighted by Gasteiger charge is 2.38. The highest BCUT2D eigenvalue weighted by Crippen LogP contribution is 2.36. The van der Waals surface area contributed by atoms with Crippen LogP contribution in [0.3, 0.4) is 0 Å². The van der Waals surface area contributed by atoms with Gasteiger partial charge in [-0.25, -0.2) is 14.4 Å². The molecule has 0 bridgehead atoms. The fourth-order valence-corrected chi connectivity index (χ4v) is 4.83. The fourth-order valence-electron chi connectivity index (χ4n) is 4.83. The molecule has 4 rings (SSSR count). The smallest absolute Gasteiger partial charge is 0.416 e. The lowest BCUT2D eigenvalue weighted by atomic mass is 10.0. The van der Waals surface area contributed by atoms with Gasteiger partial charge in [0.25, 0.3) is 0 Å². The number of carbonyl (C=O) groups is 3. The van der Waals surface area contributed by atoms with Gasteiger partial charge in [-0.2, -0.15) is 26.3 Å². The Morgan fingerprint density at radius 3 is 2.15 bits per heavy atom. The summed E-state index contributed by atoms with van der Waals surface area (Å²) < 4.78 is 84.0. The summed E-state index contributed by atoms with van der Waals surface area (Å²) in [7, 11) is 0. The van der Waals surface area contributed by atoms with E-state index in [4.69, 9.17) is 4.74 Å². The van der Waals surface area contributed by atoms with Gasteiger partial charge in [-0.15, -0.1) is 0 Å². The van der Waals surface area contributed by atoms with E-state index < -0.39 is 53.6 Å². The molecule has 14 heteroatoms. The number of amides is 3. The lowest BCUT2D eigenvalue weighted by Crippen LogP contribution is -2.50. The summed E-state index contributed by atoms with van der Waals surface area (Å²) in [5.41, 5.74) is -2.10. The van der Waals surface area contributed by atoms with Crippen LogP contribution < -0.4 is 5.32 Å². The van der Waals surface area contributed by atoms with Crippen molar-refractivity contribution in [3.63, 3.8) is 0 Å². The summed E-state index contributed by atoms with van der Waals surface area (Å²) >= 11 is 0. The quantitative estimate of drug-likeness (QED) is 0.466. The molecule has 2 aromatic rings. The van der Waals surface area contributed by atoms with E-state index in [0.29, 0.717) is 37.9 Å². The first-order valence-electron chi connectivity index (χ1n) is 12.3. The number of alkyl halides is 6. The van der Waals surface area contributed by atoms with Gasteiger partial charge >= 0.3 is 30.4 Å². The minimum absolute atomic E-state index is 0.0707.